The van der Waals surface area contributed by atoms with Crippen LogP contribution in [0.2, 0.25) is 0 Å². The first-order chi connectivity index (χ1) is 10.7. The van der Waals surface area contributed by atoms with Gasteiger partial charge < -0.3 is 9.15 Å². The normalized spacial score (nSPS) is 9.91. The number of methoxy groups -OCH3 is 1. The second kappa shape index (κ2) is 6.19. The van der Waals surface area contributed by atoms with Crippen molar-refractivity contribution in [3.8, 4) is 28.9 Å². The fourth-order valence-corrected chi connectivity index (χ4v) is 1.98. The Morgan fingerprint density at radius 2 is 1.68 bits per heavy atom. The largest absolute Gasteiger partial charge is 0.497 e. The van der Waals surface area contributed by atoms with E-state index in [2.05, 4.69) is 16.8 Å². The molecule has 0 fully saturated rings. The predicted octanol–water partition coefficient (Wildman–Crippen LogP) is 4.06. The lowest BCUT2D eigenvalue weighted by Gasteiger charge is -1.99. The predicted molar refractivity (Wildman–Crippen MR) is 85.7 cm³/mol. The smallest absolute Gasteiger partial charge is 0.274 e. The number of nitrogens with zero attached hydrogens (tertiary/aromatic N) is 1. The van der Waals surface area contributed by atoms with E-state index >= 15 is 0 Å². The number of oxazole rings is 1. The first-order valence-electron chi connectivity index (χ1n) is 6.93. The van der Waals surface area contributed by atoms with Gasteiger partial charge >= 0.3 is 0 Å². The molecular weight excluding hydrogens is 274 g/mol. The summed E-state index contributed by atoms with van der Waals surface area (Å²) in [5.74, 6) is 7.89. The van der Waals surface area contributed by atoms with Crippen molar-refractivity contribution < 1.29 is 9.15 Å². The van der Waals surface area contributed by atoms with Crippen LogP contribution in [0.3, 0.4) is 0 Å². The number of rotatable bonds is 2. The summed E-state index contributed by atoms with van der Waals surface area (Å²) >= 11 is 0. The summed E-state index contributed by atoms with van der Waals surface area (Å²) in [6.07, 6.45) is 1.68. The van der Waals surface area contributed by atoms with E-state index in [9.17, 15) is 0 Å². The lowest BCUT2D eigenvalue weighted by Crippen LogP contribution is -1.81. The SMILES string of the molecule is COc1ccc(-c2cnc(C#Cc3ccc(C)cc3)o2)cc1. The maximum absolute atomic E-state index is 5.66. The molecule has 0 aliphatic heterocycles. The number of aromatic nitrogens is 1. The Morgan fingerprint density at radius 3 is 2.36 bits per heavy atom. The molecule has 3 rings (SSSR count). The minimum atomic E-state index is 0.409. The highest BCUT2D eigenvalue weighted by atomic mass is 16.5. The van der Waals surface area contributed by atoms with Crippen LogP contribution in [0.15, 0.2) is 59.1 Å². The molecule has 0 bridgehead atoms. The molecule has 3 aromatic rings. The van der Waals surface area contributed by atoms with Crippen LogP contribution in [0.5, 0.6) is 5.75 Å². The van der Waals surface area contributed by atoms with Crippen molar-refractivity contribution in [2.24, 2.45) is 0 Å². The molecule has 0 N–H and O–H groups in total. The number of hydrogen-bond acceptors (Lipinski definition) is 3. The van der Waals surface area contributed by atoms with E-state index in [0.717, 1.165) is 16.9 Å². The molecule has 3 nitrogen and oxygen atoms in total. The quantitative estimate of drug-likeness (QED) is 0.667. The molecule has 1 heterocycles. The van der Waals surface area contributed by atoms with Gasteiger partial charge in [0.15, 0.2) is 5.76 Å². The summed E-state index contributed by atoms with van der Waals surface area (Å²) in [5, 5.41) is 0. The molecule has 108 valence electrons. The van der Waals surface area contributed by atoms with Gasteiger partial charge in [-0.2, -0.15) is 0 Å². The van der Waals surface area contributed by atoms with E-state index in [-0.39, 0.29) is 0 Å². The van der Waals surface area contributed by atoms with Gasteiger partial charge in [-0.3, -0.25) is 0 Å². The van der Waals surface area contributed by atoms with Crippen molar-refractivity contribution in [1.29, 1.82) is 0 Å². The monoisotopic (exact) mass is 289 g/mol. The zero-order valence-electron chi connectivity index (χ0n) is 12.5. The van der Waals surface area contributed by atoms with E-state index in [0.29, 0.717) is 11.7 Å². The fraction of sp³-hybridized carbons (Fsp3) is 0.105. The van der Waals surface area contributed by atoms with Crippen LogP contribution in [-0.2, 0) is 0 Å². The molecular formula is C19H15NO2. The standard InChI is InChI=1S/C19H15NO2/c1-14-3-5-15(6-4-14)7-12-19-20-13-18(22-19)16-8-10-17(21-2)11-9-16/h3-6,8-11,13H,1-2H3. The van der Waals surface area contributed by atoms with E-state index in [1.807, 2.05) is 55.5 Å². The van der Waals surface area contributed by atoms with Crippen molar-refractivity contribution in [2.45, 2.75) is 6.92 Å². The van der Waals surface area contributed by atoms with Gasteiger partial charge in [-0.25, -0.2) is 4.98 Å². The maximum Gasteiger partial charge on any atom is 0.274 e. The average molecular weight is 289 g/mol. The third-order valence-electron chi connectivity index (χ3n) is 3.25. The molecule has 0 saturated carbocycles. The first kappa shape index (κ1) is 14.0. The zero-order valence-corrected chi connectivity index (χ0v) is 12.5. The van der Waals surface area contributed by atoms with Crippen LogP contribution in [0.1, 0.15) is 17.0 Å². The van der Waals surface area contributed by atoms with Crippen molar-refractivity contribution in [3.63, 3.8) is 0 Å². The Hall–Kier alpha value is -2.99. The zero-order chi connectivity index (χ0) is 15.4. The van der Waals surface area contributed by atoms with Crippen molar-refractivity contribution in [1.82, 2.24) is 4.98 Å². The minimum absolute atomic E-state index is 0.409. The fourth-order valence-electron chi connectivity index (χ4n) is 1.98. The Morgan fingerprint density at radius 1 is 0.955 bits per heavy atom. The second-order valence-electron chi connectivity index (χ2n) is 4.87. The van der Waals surface area contributed by atoms with Gasteiger partial charge in [0.2, 0.25) is 0 Å². The minimum Gasteiger partial charge on any atom is -0.497 e. The molecule has 2 aromatic carbocycles. The molecule has 0 atom stereocenters. The van der Waals surface area contributed by atoms with Gasteiger partial charge in [0.05, 0.1) is 13.3 Å². The van der Waals surface area contributed by atoms with Crippen LogP contribution >= 0.6 is 0 Å². The topological polar surface area (TPSA) is 35.3 Å². The summed E-state index contributed by atoms with van der Waals surface area (Å²) < 4.78 is 10.8. The third-order valence-corrected chi connectivity index (χ3v) is 3.25. The van der Waals surface area contributed by atoms with E-state index in [1.165, 1.54) is 5.56 Å². The highest BCUT2D eigenvalue weighted by molar-refractivity contribution is 5.58. The molecule has 0 unspecified atom stereocenters. The first-order valence-corrected chi connectivity index (χ1v) is 6.93. The number of hydrogen-bond donors (Lipinski definition) is 0. The average Bonchev–Trinajstić information content (AvgIpc) is 3.03. The molecule has 0 aliphatic rings. The Labute approximate surface area is 129 Å². The number of benzene rings is 2. The van der Waals surface area contributed by atoms with Crippen molar-refractivity contribution >= 4 is 0 Å². The third kappa shape index (κ3) is 3.18. The molecule has 3 heteroatoms. The Bertz CT molecular complexity index is 818. The summed E-state index contributed by atoms with van der Waals surface area (Å²) in [6, 6.07) is 15.6. The van der Waals surface area contributed by atoms with Gasteiger partial charge in [-0.15, -0.1) is 0 Å². The van der Waals surface area contributed by atoms with Gasteiger partial charge in [-0.05, 0) is 49.2 Å². The highest BCUT2D eigenvalue weighted by Gasteiger charge is 2.04. The van der Waals surface area contributed by atoms with Crippen molar-refractivity contribution in [2.75, 3.05) is 7.11 Å². The lowest BCUT2D eigenvalue weighted by atomic mass is 10.2. The Balaban J connectivity index is 1.80. The number of ether oxygens (including phenoxy) is 1. The number of aryl methyl sites for hydroxylation is 1. The molecule has 1 aromatic heterocycles. The second-order valence-corrected chi connectivity index (χ2v) is 4.87. The van der Waals surface area contributed by atoms with Crippen LogP contribution < -0.4 is 4.74 Å². The van der Waals surface area contributed by atoms with Crippen LogP contribution in [0, 0.1) is 18.8 Å². The Kier molecular flexibility index (Phi) is 3.93. The van der Waals surface area contributed by atoms with Crippen molar-refractivity contribution in [3.05, 3.63) is 71.7 Å². The molecule has 0 radical (unpaired) electrons. The highest BCUT2D eigenvalue weighted by Crippen LogP contribution is 2.22. The molecule has 0 saturated heterocycles. The molecule has 0 amide bonds. The lowest BCUT2D eigenvalue weighted by molar-refractivity contribution is 0.415. The van der Waals surface area contributed by atoms with Gasteiger partial charge in [0.1, 0.15) is 5.75 Å². The van der Waals surface area contributed by atoms with Crippen LogP contribution in [-0.4, -0.2) is 12.1 Å². The maximum atomic E-state index is 5.66. The van der Waals surface area contributed by atoms with Gasteiger partial charge in [0.25, 0.3) is 5.89 Å². The van der Waals surface area contributed by atoms with Gasteiger partial charge in [-0.1, -0.05) is 23.6 Å². The molecule has 0 spiro atoms. The van der Waals surface area contributed by atoms with Crippen LogP contribution in [0.4, 0.5) is 0 Å². The summed E-state index contributed by atoms with van der Waals surface area (Å²) in [4.78, 5) is 4.20. The van der Waals surface area contributed by atoms with Gasteiger partial charge in [0, 0.05) is 11.1 Å². The van der Waals surface area contributed by atoms with E-state index < -0.39 is 0 Å². The van der Waals surface area contributed by atoms with E-state index in [1.54, 1.807) is 13.3 Å². The molecule has 0 aliphatic carbocycles. The summed E-state index contributed by atoms with van der Waals surface area (Å²) in [5.41, 5.74) is 3.09. The summed E-state index contributed by atoms with van der Waals surface area (Å²) in [7, 11) is 1.64. The van der Waals surface area contributed by atoms with E-state index in [4.69, 9.17) is 9.15 Å². The van der Waals surface area contributed by atoms with Crippen LogP contribution in [0.25, 0.3) is 11.3 Å². The summed E-state index contributed by atoms with van der Waals surface area (Å²) in [6.45, 7) is 2.05. The molecule has 22 heavy (non-hydrogen) atoms.